The maximum Gasteiger partial charge on any atom is 0.305 e. The number of hydrogen-bond donors (Lipinski definition) is 0. The molecule has 0 heterocycles. The van der Waals surface area contributed by atoms with Gasteiger partial charge in [-0.2, -0.15) is 0 Å². The fraction of sp³-hybridized carbons (Fsp3) is 0.467. The summed E-state index contributed by atoms with van der Waals surface area (Å²) in [7, 11) is 0. The molecule has 0 saturated heterocycles. The monoisotopic (exact) mass is 248 g/mol. The van der Waals surface area contributed by atoms with Gasteiger partial charge in [0.2, 0.25) is 0 Å². The molecule has 0 bridgehead atoms. The number of ketones is 1. The van der Waals surface area contributed by atoms with Crippen molar-refractivity contribution in [2.24, 2.45) is 0 Å². The van der Waals surface area contributed by atoms with Gasteiger partial charge in [-0.05, 0) is 25.3 Å². The van der Waals surface area contributed by atoms with E-state index < -0.39 is 0 Å². The Morgan fingerprint density at radius 2 is 1.83 bits per heavy atom. The molecule has 0 amide bonds. The molecule has 0 aliphatic rings. The summed E-state index contributed by atoms with van der Waals surface area (Å²) in [6.07, 6.45) is 2.11. The highest BCUT2D eigenvalue weighted by Crippen LogP contribution is 2.13. The molecule has 0 unspecified atom stereocenters. The van der Waals surface area contributed by atoms with E-state index in [1.807, 2.05) is 31.2 Å². The SMILES string of the molecule is CCOC(=O)CCCC(=O)c1ccccc1CC. The van der Waals surface area contributed by atoms with E-state index in [9.17, 15) is 9.59 Å². The van der Waals surface area contributed by atoms with Crippen LogP contribution in [0.15, 0.2) is 24.3 Å². The van der Waals surface area contributed by atoms with E-state index in [2.05, 4.69) is 0 Å². The zero-order valence-corrected chi connectivity index (χ0v) is 11.1. The Labute approximate surface area is 108 Å². The van der Waals surface area contributed by atoms with Crippen molar-refractivity contribution in [2.45, 2.75) is 39.5 Å². The molecule has 0 saturated carbocycles. The third-order valence-corrected chi connectivity index (χ3v) is 2.79. The van der Waals surface area contributed by atoms with Crippen LogP contribution in [0.5, 0.6) is 0 Å². The molecule has 1 aromatic carbocycles. The second kappa shape index (κ2) is 7.64. The summed E-state index contributed by atoms with van der Waals surface area (Å²) in [6, 6.07) is 7.63. The number of benzene rings is 1. The fourth-order valence-electron chi connectivity index (χ4n) is 1.86. The summed E-state index contributed by atoms with van der Waals surface area (Å²) in [4.78, 5) is 23.2. The lowest BCUT2D eigenvalue weighted by molar-refractivity contribution is -0.143. The number of esters is 1. The van der Waals surface area contributed by atoms with Crippen LogP contribution in [-0.2, 0) is 16.0 Å². The Balaban J connectivity index is 2.48. The number of hydrogen-bond acceptors (Lipinski definition) is 3. The van der Waals surface area contributed by atoms with Crippen LogP contribution in [0, 0.1) is 0 Å². The highest BCUT2D eigenvalue weighted by molar-refractivity contribution is 5.97. The van der Waals surface area contributed by atoms with Gasteiger partial charge in [-0.1, -0.05) is 31.2 Å². The Kier molecular flexibility index (Phi) is 6.12. The molecule has 18 heavy (non-hydrogen) atoms. The lowest BCUT2D eigenvalue weighted by atomic mass is 9.98. The average molecular weight is 248 g/mol. The van der Waals surface area contributed by atoms with Crippen LogP contribution in [0.4, 0.5) is 0 Å². The van der Waals surface area contributed by atoms with Crippen molar-refractivity contribution in [3.8, 4) is 0 Å². The first-order valence-corrected chi connectivity index (χ1v) is 6.45. The molecule has 3 nitrogen and oxygen atoms in total. The Hall–Kier alpha value is -1.64. The van der Waals surface area contributed by atoms with E-state index in [0.717, 1.165) is 17.5 Å². The van der Waals surface area contributed by atoms with Gasteiger partial charge in [0.1, 0.15) is 0 Å². The van der Waals surface area contributed by atoms with Gasteiger partial charge >= 0.3 is 5.97 Å². The van der Waals surface area contributed by atoms with Gasteiger partial charge in [-0.3, -0.25) is 9.59 Å². The maximum absolute atomic E-state index is 12.0. The Morgan fingerprint density at radius 1 is 1.11 bits per heavy atom. The minimum atomic E-state index is -0.228. The molecule has 1 rings (SSSR count). The minimum absolute atomic E-state index is 0.108. The Morgan fingerprint density at radius 3 is 2.50 bits per heavy atom. The first kappa shape index (κ1) is 14.4. The number of carbonyl (C=O) groups is 2. The summed E-state index contributed by atoms with van der Waals surface area (Å²) in [5.74, 6) is -0.120. The van der Waals surface area contributed by atoms with Gasteiger partial charge < -0.3 is 4.74 Å². The van der Waals surface area contributed by atoms with Crippen molar-refractivity contribution in [1.82, 2.24) is 0 Å². The topological polar surface area (TPSA) is 43.4 Å². The molecule has 0 spiro atoms. The molecule has 0 atom stereocenters. The minimum Gasteiger partial charge on any atom is -0.466 e. The van der Waals surface area contributed by atoms with Crippen molar-refractivity contribution >= 4 is 11.8 Å². The highest BCUT2D eigenvalue weighted by atomic mass is 16.5. The van der Waals surface area contributed by atoms with E-state index in [1.54, 1.807) is 6.92 Å². The molecule has 0 N–H and O–H groups in total. The summed E-state index contributed by atoms with van der Waals surface area (Å²) >= 11 is 0. The van der Waals surface area contributed by atoms with Crippen molar-refractivity contribution in [3.05, 3.63) is 35.4 Å². The first-order valence-electron chi connectivity index (χ1n) is 6.45. The lowest BCUT2D eigenvalue weighted by Crippen LogP contribution is -2.07. The van der Waals surface area contributed by atoms with Crippen LogP contribution in [0.25, 0.3) is 0 Å². The third-order valence-electron chi connectivity index (χ3n) is 2.79. The number of carbonyl (C=O) groups excluding carboxylic acids is 2. The van der Waals surface area contributed by atoms with E-state index >= 15 is 0 Å². The summed E-state index contributed by atoms with van der Waals surface area (Å²) in [5.41, 5.74) is 1.85. The molecule has 0 radical (unpaired) electrons. The normalized spacial score (nSPS) is 10.1. The van der Waals surface area contributed by atoms with E-state index in [4.69, 9.17) is 4.74 Å². The third kappa shape index (κ3) is 4.32. The van der Waals surface area contributed by atoms with E-state index in [1.165, 1.54) is 0 Å². The molecule has 0 aliphatic carbocycles. The number of Topliss-reactive ketones (excluding diaryl/α,β-unsaturated/α-hetero) is 1. The Bertz CT molecular complexity index is 410. The summed E-state index contributed by atoms with van der Waals surface area (Å²) < 4.78 is 4.82. The molecule has 0 fully saturated rings. The molecule has 0 aliphatic heterocycles. The number of ether oxygens (including phenoxy) is 1. The lowest BCUT2D eigenvalue weighted by Gasteiger charge is -2.06. The standard InChI is InChI=1S/C15H20O3/c1-3-12-8-5-6-9-13(12)14(16)10-7-11-15(17)18-4-2/h5-6,8-9H,3-4,7,10-11H2,1-2H3. The van der Waals surface area contributed by atoms with Crippen molar-refractivity contribution in [3.63, 3.8) is 0 Å². The molecule has 1 aromatic rings. The van der Waals surface area contributed by atoms with Crippen LogP contribution in [0.2, 0.25) is 0 Å². The molecule has 98 valence electrons. The largest absolute Gasteiger partial charge is 0.466 e. The fourth-order valence-corrected chi connectivity index (χ4v) is 1.86. The molecule has 3 heteroatoms. The second-order valence-electron chi connectivity index (χ2n) is 4.09. The summed E-state index contributed by atoms with van der Waals surface area (Å²) in [5, 5.41) is 0. The predicted octanol–water partition coefficient (Wildman–Crippen LogP) is 3.17. The van der Waals surface area contributed by atoms with Crippen LogP contribution in [-0.4, -0.2) is 18.4 Å². The average Bonchev–Trinajstić information content (AvgIpc) is 2.38. The summed E-state index contributed by atoms with van der Waals surface area (Å²) in [6.45, 7) is 4.21. The predicted molar refractivity (Wildman–Crippen MR) is 70.6 cm³/mol. The number of rotatable bonds is 7. The van der Waals surface area contributed by atoms with E-state index in [-0.39, 0.29) is 11.8 Å². The van der Waals surface area contributed by atoms with Gasteiger partial charge in [0.05, 0.1) is 6.61 Å². The van der Waals surface area contributed by atoms with Crippen LogP contribution < -0.4 is 0 Å². The van der Waals surface area contributed by atoms with Crippen LogP contribution in [0.1, 0.15) is 49.0 Å². The van der Waals surface area contributed by atoms with Crippen LogP contribution >= 0.6 is 0 Å². The first-order chi connectivity index (χ1) is 8.69. The van der Waals surface area contributed by atoms with Gasteiger partial charge in [-0.25, -0.2) is 0 Å². The molecular weight excluding hydrogens is 228 g/mol. The van der Waals surface area contributed by atoms with Gasteiger partial charge in [-0.15, -0.1) is 0 Å². The molecule has 0 aromatic heterocycles. The second-order valence-corrected chi connectivity index (χ2v) is 4.09. The van der Waals surface area contributed by atoms with Gasteiger partial charge in [0.25, 0.3) is 0 Å². The molecular formula is C15H20O3. The van der Waals surface area contributed by atoms with Crippen molar-refractivity contribution in [1.29, 1.82) is 0 Å². The zero-order valence-electron chi connectivity index (χ0n) is 11.1. The quantitative estimate of drug-likeness (QED) is 0.550. The highest BCUT2D eigenvalue weighted by Gasteiger charge is 2.10. The van der Waals surface area contributed by atoms with Crippen molar-refractivity contribution < 1.29 is 14.3 Å². The van der Waals surface area contributed by atoms with Gasteiger partial charge in [0, 0.05) is 18.4 Å². The van der Waals surface area contributed by atoms with Gasteiger partial charge in [0.15, 0.2) is 5.78 Å². The maximum atomic E-state index is 12.0. The smallest absolute Gasteiger partial charge is 0.305 e. The van der Waals surface area contributed by atoms with Crippen molar-refractivity contribution in [2.75, 3.05) is 6.61 Å². The zero-order chi connectivity index (χ0) is 13.4. The van der Waals surface area contributed by atoms with E-state index in [0.29, 0.717) is 25.9 Å². The number of aryl methyl sites for hydroxylation is 1. The van der Waals surface area contributed by atoms with Crippen LogP contribution in [0.3, 0.4) is 0 Å².